The van der Waals surface area contributed by atoms with Crippen LogP contribution in [0, 0.1) is 0 Å². The van der Waals surface area contributed by atoms with Crippen molar-refractivity contribution in [1.82, 2.24) is 10.2 Å². The average Bonchev–Trinajstić information content (AvgIpc) is 2.91. The van der Waals surface area contributed by atoms with Gasteiger partial charge < -0.3 is 25.5 Å². The van der Waals surface area contributed by atoms with Crippen LogP contribution >= 0.6 is 23.2 Å². The molecule has 2 heterocycles. The van der Waals surface area contributed by atoms with Crippen molar-refractivity contribution in [3.05, 3.63) is 69.7 Å². The van der Waals surface area contributed by atoms with Crippen molar-refractivity contribution < 1.29 is 24.9 Å². The Bertz CT molecular complexity index is 1140. The fourth-order valence-corrected chi connectivity index (χ4v) is 6.28. The number of carbonyl (C=O) groups is 2. The third-order valence-corrected chi connectivity index (χ3v) is 9.59. The highest BCUT2D eigenvalue weighted by Gasteiger charge is 2.48. The Labute approximate surface area is 252 Å². The van der Waals surface area contributed by atoms with Crippen molar-refractivity contribution in [3.8, 4) is 0 Å². The van der Waals surface area contributed by atoms with Gasteiger partial charge in [0.15, 0.2) is 0 Å². The molecule has 0 unspecified atom stereocenters. The summed E-state index contributed by atoms with van der Waals surface area (Å²) >= 11 is 11.7. The molecule has 4 fully saturated rings. The van der Waals surface area contributed by atoms with E-state index in [0.717, 1.165) is 75.6 Å². The number of piperidine rings is 2. The molecule has 41 heavy (non-hydrogen) atoms. The first-order valence-electron chi connectivity index (χ1n) is 14.8. The number of amides is 1. The molecule has 2 aromatic carbocycles. The van der Waals surface area contributed by atoms with Gasteiger partial charge in [0.25, 0.3) is 0 Å². The van der Waals surface area contributed by atoms with Gasteiger partial charge in [-0.1, -0.05) is 60.3 Å². The molecule has 0 atom stereocenters. The van der Waals surface area contributed by atoms with Crippen LogP contribution in [0.5, 0.6) is 0 Å². The van der Waals surface area contributed by atoms with E-state index in [1.165, 1.54) is 0 Å². The summed E-state index contributed by atoms with van der Waals surface area (Å²) in [7, 11) is 0. The van der Waals surface area contributed by atoms with E-state index in [2.05, 4.69) is 5.32 Å². The Hall–Kier alpha value is -2.16. The number of aliphatic hydroxyl groups excluding tert-OH is 2. The van der Waals surface area contributed by atoms with E-state index in [1.807, 2.05) is 41.3 Å². The zero-order chi connectivity index (χ0) is 29.5. The lowest BCUT2D eigenvalue weighted by Gasteiger charge is -2.45. The van der Waals surface area contributed by atoms with Crippen LogP contribution < -0.4 is 5.32 Å². The largest absolute Gasteiger partial charge is 0.481 e. The number of nitrogens with one attached hydrogen (secondary N) is 1. The molecule has 1 amide bonds. The summed E-state index contributed by atoms with van der Waals surface area (Å²) < 4.78 is 0. The van der Waals surface area contributed by atoms with Gasteiger partial charge in [-0.25, -0.2) is 0 Å². The Kier molecular flexibility index (Phi) is 11.1. The first kappa shape index (κ1) is 31.8. The number of benzene rings is 2. The van der Waals surface area contributed by atoms with Crippen molar-refractivity contribution in [2.24, 2.45) is 0 Å². The molecule has 2 saturated heterocycles. The molecule has 2 saturated carbocycles. The standard InChI is InChI=1S/C16H20ClNO2.C11H11ClO2.C5H11NO/c17-13-4-2-12(3-5-13)16(8-1-9-16)15(20)18-10-6-14(19)7-11-18;12-9-4-2-8(3-5-9)11(10(13)14)6-1-7-11;7-5-1-3-6-4-2-5/h2-5,14,19H,1,6-11H2;2-5H,1,6-7H2,(H,13,14);5-7H,1-4H2. The van der Waals surface area contributed by atoms with E-state index in [4.69, 9.17) is 28.3 Å². The van der Waals surface area contributed by atoms with Gasteiger partial charge in [-0.3, -0.25) is 9.59 Å². The molecule has 0 spiro atoms. The van der Waals surface area contributed by atoms with Crippen LogP contribution in [0.1, 0.15) is 75.3 Å². The molecular weight excluding hydrogens is 563 g/mol. The molecule has 2 aromatic rings. The number of aliphatic carboxylic acids is 1. The normalized spacial score (nSPS) is 21.6. The number of hydrogen-bond acceptors (Lipinski definition) is 5. The fourth-order valence-electron chi connectivity index (χ4n) is 6.03. The van der Waals surface area contributed by atoms with E-state index >= 15 is 0 Å². The van der Waals surface area contributed by atoms with Gasteiger partial charge in [0.2, 0.25) is 5.91 Å². The number of nitrogens with zero attached hydrogens (tertiary/aromatic N) is 1. The zero-order valence-corrected chi connectivity index (χ0v) is 25.0. The first-order valence-corrected chi connectivity index (χ1v) is 15.5. The molecule has 6 rings (SSSR count). The lowest BCUT2D eigenvalue weighted by molar-refractivity contribution is -0.147. The van der Waals surface area contributed by atoms with E-state index < -0.39 is 11.4 Å². The highest BCUT2D eigenvalue weighted by molar-refractivity contribution is 6.30. The lowest BCUT2D eigenvalue weighted by Crippen LogP contribution is -2.53. The Morgan fingerprint density at radius 3 is 1.46 bits per heavy atom. The summed E-state index contributed by atoms with van der Waals surface area (Å²) in [6.45, 7) is 3.33. The molecule has 4 N–H and O–H groups in total. The van der Waals surface area contributed by atoms with Crippen molar-refractivity contribution in [3.63, 3.8) is 0 Å². The number of halogens is 2. The fraction of sp³-hybridized carbons (Fsp3) is 0.562. The monoisotopic (exact) mass is 604 g/mol. The molecule has 9 heteroatoms. The molecule has 4 aliphatic rings. The van der Waals surface area contributed by atoms with Crippen molar-refractivity contribution in [2.75, 3.05) is 26.2 Å². The number of likely N-dealkylation sites (tertiary alicyclic amines) is 1. The van der Waals surface area contributed by atoms with Gasteiger partial charge in [0.05, 0.1) is 23.0 Å². The van der Waals surface area contributed by atoms with Crippen molar-refractivity contribution >= 4 is 35.1 Å². The minimum atomic E-state index is -0.717. The first-order chi connectivity index (χ1) is 19.7. The SMILES string of the molecule is O=C(N1CCC(O)CC1)C1(c2ccc(Cl)cc2)CCC1.O=C(O)C1(c2ccc(Cl)cc2)CCC1.OC1CCNCC1. The van der Waals surface area contributed by atoms with Crippen molar-refractivity contribution in [1.29, 1.82) is 0 Å². The van der Waals surface area contributed by atoms with Gasteiger partial charge in [0.1, 0.15) is 0 Å². The topological polar surface area (TPSA) is 110 Å². The second-order valence-corrected chi connectivity index (χ2v) is 12.6. The zero-order valence-electron chi connectivity index (χ0n) is 23.5. The molecule has 2 aliphatic carbocycles. The van der Waals surface area contributed by atoms with Gasteiger partial charge in [0, 0.05) is 23.1 Å². The molecule has 0 aromatic heterocycles. The second kappa shape index (κ2) is 14.3. The molecular formula is C32H42Cl2N2O5. The maximum absolute atomic E-state index is 12.9. The van der Waals surface area contributed by atoms with E-state index in [1.54, 1.807) is 12.1 Å². The predicted octanol–water partition coefficient (Wildman–Crippen LogP) is 5.32. The summed E-state index contributed by atoms with van der Waals surface area (Å²) in [6.07, 6.45) is 8.41. The maximum Gasteiger partial charge on any atom is 0.314 e. The van der Waals surface area contributed by atoms with E-state index in [0.29, 0.717) is 36.0 Å². The van der Waals surface area contributed by atoms with E-state index in [9.17, 15) is 19.8 Å². The third-order valence-electron chi connectivity index (χ3n) is 9.09. The number of carbonyl (C=O) groups excluding carboxylic acids is 1. The predicted molar refractivity (Wildman–Crippen MR) is 162 cm³/mol. The van der Waals surface area contributed by atoms with Gasteiger partial charge in [-0.15, -0.1) is 0 Å². The summed E-state index contributed by atoms with van der Waals surface area (Å²) in [6, 6.07) is 14.8. The highest BCUT2D eigenvalue weighted by Crippen LogP contribution is 2.46. The smallest absolute Gasteiger partial charge is 0.314 e. The molecule has 0 radical (unpaired) electrons. The number of aliphatic hydroxyl groups is 2. The van der Waals surface area contributed by atoms with Crippen LogP contribution in [0.2, 0.25) is 10.0 Å². The van der Waals surface area contributed by atoms with Crippen LogP contribution in [0.15, 0.2) is 48.5 Å². The summed E-state index contributed by atoms with van der Waals surface area (Å²) in [4.78, 5) is 26.0. The number of carboxylic acids is 1. The molecule has 0 bridgehead atoms. The van der Waals surface area contributed by atoms with Gasteiger partial charge in [-0.05, 0) is 99.8 Å². The average molecular weight is 606 g/mol. The van der Waals surface area contributed by atoms with Crippen LogP contribution in [-0.2, 0) is 20.4 Å². The molecule has 7 nitrogen and oxygen atoms in total. The lowest BCUT2D eigenvalue weighted by atomic mass is 9.63. The highest BCUT2D eigenvalue weighted by atomic mass is 35.5. The summed E-state index contributed by atoms with van der Waals surface area (Å²) in [5, 5.41) is 32.1. The Morgan fingerprint density at radius 1 is 0.707 bits per heavy atom. The van der Waals surface area contributed by atoms with Gasteiger partial charge >= 0.3 is 5.97 Å². The van der Waals surface area contributed by atoms with Crippen LogP contribution in [0.25, 0.3) is 0 Å². The summed E-state index contributed by atoms with van der Waals surface area (Å²) in [5.74, 6) is -0.482. The summed E-state index contributed by atoms with van der Waals surface area (Å²) in [5.41, 5.74) is 0.988. The third kappa shape index (κ3) is 7.63. The second-order valence-electron chi connectivity index (χ2n) is 11.7. The van der Waals surface area contributed by atoms with Gasteiger partial charge in [-0.2, -0.15) is 0 Å². The van der Waals surface area contributed by atoms with Crippen molar-refractivity contribution in [2.45, 2.75) is 87.2 Å². The number of carboxylic acid groups (broad SMARTS) is 1. The maximum atomic E-state index is 12.9. The molecule has 2 aliphatic heterocycles. The molecule has 224 valence electrons. The van der Waals surface area contributed by atoms with Crippen LogP contribution in [-0.4, -0.2) is 70.5 Å². The van der Waals surface area contributed by atoms with Crippen LogP contribution in [0.4, 0.5) is 0 Å². The quantitative estimate of drug-likeness (QED) is 0.376. The number of hydrogen-bond donors (Lipinski definition) is 4. The number of rotatable bonds is 4. The minimum Gasteiger partial charge on any atom is -0.481 e. The minimum absolute atomic E-state index is 0.0266. The van der Waals surface area contributed by atoms with Crippen LogP contribution in [0.3, 0.4) is 0 Å². The Balaban J connectivity index is 0.000000159. The Morgan fingerprint density at radius 2 is 1.12 bits per heavy atom. The van der Waals surface area contributed by atoms with E-state index in [-0.39, 0.29) is 23.5 Å².